The van der Waals surface area contributed by atoms with Gasteiger partial charge in [-0.05, 0) is 38.0 Å². The number of hydrogen-bond donors (Lipinski definition) is 6. The largest absolute Gasteiger partial charge is 0.472 e. The van der Waals surface area contributed by atoms with E-state index in [9.17, 15) is 43.7 Å². The predicted octanol–water partition coefficient (Wildman–Crippen LogP) is 6.78. The second-order valence-electron chi connectivity index (χ2n) is 15.5. The highest BCUT2D eigenvalue weighted by atomic mass is 31.2. The van der Waals surface area contributed by atoms with Gasteiger partial charge < -0.3 is 39.5 Å². The lowest BCUT2D eigenvalue weighted by Gasteiger charge is -2.20. The minimum absolute atomic E-state index is 0.00210. The van der Waals surface area contributed by atoms with Crippen LogP contribution in [0.25, 0.3) is 0 Å². The number of carbonyl (C=O) groups excluding carboxylic acids is 3. The Morgan fingerprint density at radius 3 is 2.03 bits per heavy atom. The summed E-state index contributed by atoms with van der Waals surface area (Å²) < 4.78 is 47.6. The molecular formula is C40H72O16P2. The van der Waals surface area contributed by atoms with E-state index in [0.29, 0.717) is 38.0 Å². The fourth-order valence-corrected chi connectivity index (χ4v) is 7.49. The molecule has 6 N–H and O–H groups in total. The quantitative estimate of drug-likeness (QED) is 0.0166. The molecule has 1 saturated carbocycles. The smallest absolute Gasteiger partial charge is 0.462 e. The summed E-state index contributed by atoms with van der Waals surface area (Å²) in [5.74, 6) is -1.35. The summed E-state index contributed by atoms with van der Waals surface area (Å²) in [6, 6.07) is 0. The highest BCUT2D eigenvalue weighted by molar-refractivity contribution is 7.47. The Hall–Kier alpha value is -1.81. The van der Waals surface area contributed by atoms with E-state index in [4.69, 9.17) is 23.8 Å². The van der Waals surface area contributed by atoms with Gasteiger partial charge in [0.25, 0.3) is 0 Å². The third-order valence-corrected chi connectivity index (χ3v) is 11.1. The van der Waals surface area contributed by atoms with Crippen molar-refractivity contribution in [3.05, 3.63) is 24.3 Å². The van der Waals surface area contributed by atoms with E-state index < -0.39 is 84.3 Å². The van der Waals surface area contributed by atoms with Gasteiger partial charge in [-0.3, -0.25) is 28.0 Å². The standard InChI is InChI=1S/C40H72O16P2/c1-4-5-14-20-32(41)24-25-36-35(37(43)26-38(36)44)21-16-12-13-17-22-39(45)52-29-34(30-55-58(50,51)54-28-33(42)27-53-57(47,48)49)56-40(46)23-18-11-9-7-6-8-10-15-19-31(2)3/h12,16,24-25,31-36,38,41-42,44H,4-11,13-15,17-23,26-30H2,1-3H3,(H,50,51)(H2,47,48,49)/b16-12-,25-24+/t32-,33-,34+,35+,36+,38+/m0/s1. The molecule has 1 fully saturated rings. The van der Waals surface area contributed by atoms with Crippen molar-refractivity contribution in [3.63, 3.8) is 0 Å². The highest BCUT2D eigenvalue weighted by Crippen LogP contribution is 2.44. The molecule has 0 radical (unpaired) electrons. The number of Topliss-reactive ketones (excluding diaryl/α,β-unsaturated/α-hetero) is 1. The monoisotopic (exact) mass is 870 g/mol. The molecule has 0 bridgehead atoms. The molecule has 0 saturated heterocycles. The van der Waals surface area contributed by atoms with Gasteiger partial charge >= 0.3 is 27.6 Å². The zero-order valence-electron chi connectivity index (χ0n) is 34.8. The number of carbonyl (C=O) groups is 3. The van der Waals surface area contributed by atoms with Gasteiger partial charge in [0, 0.05) is 31.1 Å². The van der Waals surface area contributed by atoms with Gasteiger partial charge in [-0.15, -0.1) is 0 Å². The van der Waals surface area contributed by atoms with Gasteiger partial charge in [0.1, 0.15) is 18.5 Å². The minimum Gasteiger partial charge on any atom is -0.462 e. The van der Waals surface area contributed by atoms with Crippen LogP contribution in [0.15, 0.2) is 24.3 Å². The van der Waals surface area contributed by atoms with Gasteiger partial charge in [0.2, 0.25) is 0 Å². The third-order valence-electron chi connectivity index (χ3n) is 9.63. The van der Waals surface area contributed by atoms with E-state index in [0.717, 1.165) is 44.9 Å². The number of phosphoric ester groups is 2. The lowest BCUT2D eigenvalue weighted by Crippen LogP contribution is -2.30. The van der Waals surface area contributed by atoms with E-state index in [1.54, 1.807) is 12.2 Å². The molecule has 18 heteroatoms. The second kappa shape index (κ2) is 31.1. The zero-order chi connectivity index (χ0) is 43.4. The van der Waals surface area contributed by atoms with Crippen molar-refractivity contribution in [2.24, 2.45) is 17.8 Å². The van der Waals surface area contributed by atoms with Gasteiger partial charge in [-0.2, -0.15) is 0 Å². The lowest BCUT2D eigenvalue weighted by atomic mass is 9.90. The van der Waals surface area contributed by atoms with Crippen LogP contribution in [0.2, 0.25) is 0 Å². The van der Waals surface area contributed by atoms with Crippen molar-refractivity contribution < 1.29 is 76.6 Å². The van der Waals surface area contributed by atoms with Crippen molar-refractivity contribution in [3.8, 4) is 0 Å². The van der Waals surface area contributed by atoms with Crippen LogP contribution in [0.1, 0.15) is 143 Å². The fourth-order valence-electron chi connectivity index (χ4n) is 6.34. The highest BCUT2D eigenvalue weighted by Gasteiger charge is 2.39. The summed E-state index contributed by atoms with van der Waals surface area (Å²) >= 11 is 0. The van der Waals surface area contributed by atoms with Gasteiger partial charge in [-0.1, -0.05) is 116 Å². The van der Waals surface area contributed by atoms with Crippen molar-refractivity contribution in [1.29, 1.82) is 0 Å². The molecule has 58 heavy (non-hydrogen) atoms. The van der Waals surface area contributed by atoms with E-state index in [1.165, 1.54) is 25.7 Å². The van der Waals surface area contributed by atoms with Crippen LogP contribution in [-0.4, -0.2) is 98.6 Å². The van der Waals surface area contributed by atoms with E-state index in [1.807, 2.05) is 12.2 Å². The first-order valence-corrected chi connectivity index (χ1v) is 24.0. The van der Waals surface area contributed by atoms with Crippen LogP contribution in [0.5, 0.6) is 0 Å². The van der Waals surface area contributed by atoms with E-state index in [2.05, 4.69) is 29.8 Å². The predicted molar refractivity (Wildman–Crippen MR) is 217 cm³/mol. The number of ketones is 1. The first kappa shape index (κ1) is 54.2. The number of hydrogen-bond acceptors (Lipinski definition) is 13. The summed E-state index contributed by atoms with van der Waals surface area (Å²) in [7, 11) is -9.76. The molecular weight excluding hydrogens is 798 g/mol. The Morgan fingerprint density at radius 2 is 1.38 bits per heavy atom. The number of rotatable bonds is 35. The molecule has 1 aliphatic rings. The van der Waals surface area contributed by atoms with Crippen LogP contribution in [0.4, 0.5) is 0 Å². The molecule has 0 aromatic rings. The summed E-state index contributed by atoms with van der Waals surface area (Å²) in [5.41, 5.74) is 0. The SMILES string of the molecule is CCCCC[C@H](O)/C=C/[C@H]1[C@H](O)CC(=O)[C@@H]1C/C=C\CCCC(=O)OC[C@H](COP(=O)(O)OC[C@@H](O)COP(=O)(O)O)OC(=O)CCCCCCCCCCC(C)C. The zero-order valence-corrected chi connectivity index (χ0v) is 36.6. The molecule has 1 unspecified atom stereocenters. The van der Waals surface area contributed by atoms with Crippen molar-refractivity contribution >= 4 is 33.4 Å². The van der Waals surface area contributed by atoms with Gasteiger partial charge in [-0.25, -0.2) is 9.13 Å². The Kier molecular flexibility index (Phi) is 29.1. The van der Waals surface area contributed by atoms with Gasteiger partial charge in [0.05, 0.1) is 32.0 Å². The summed E-state index contributed by atoms with van der Waals surface area (Å²) in [4.78, 5) is 65.3. The Labute approximate surface area is 345 Å². The Morgan fingerprint density at radius 1 is 0.776 bits per heavy atom. The summed E-state index contributed by atoms with van der Waals surface area (Å²) in [6.45, 7) is 3.58. The molecule has 1 aliphatic carbocycles. The number of phosphoric acid groups is 2. The van der Waals surface area contributed by atoms with Gasteiger partial charge in [0.15, 0.2) is 6.10 Å². The Balaban J connectivity index is 2.60. The summed E-state index contributed by atoms with van der Waals surface area (Å²) in [6.07, 6.45) is 17.2. The van der Waals surface area contributed by atoms with E-state index >= 15 is 0 Å². The van der Waals surface area contributed by atoms with Crippen LogP contribution in [0, 0.1) is 17.8 Å². The molecule has 16 nitrogen and oxygen atoms in total. The third kappa shape index (κ3) is 28.6. The lowest BCUT2D eigenvalue weighted by molar-refractivity contribution is -0.161. The normalized spacial score (nSPS) is 20.2. The van der Waals surface area contributed by atoms with Crippen LogP contribution < -0.4 is 0 Å². The average Bonchev–Trinajstić information content (AvgIpc) is 3.42. The maximum Gasteiger partial charge on any atom is 0.472 e. The average molecular weight is 871 g/mol. The number of allylic oxidation sites excluding steroid dienone is 2. The Bertz CT molecular complexity index is 1300. The molecule has 0 spiro atoms. The van der Waals surface area contributed by atoms with Crippen molar-refractivity contribution in [2.75, 3.05) is 26.4 Å². The molecule has 0 aromatic carbocycles. The molecule has 0 amide bonds. The van der Waals surface area contributed by atoms with Crippen LogP contribution in [-0.2, 0) is 46.6 Å². The fraction of sp³-hybridized carbons (Fsp3) is 0.825. The topological polar surface area (TPSA) is 253 Å². The second-order valence-corrected chi connectivity index (χ2v) is 18.2. The van der Waals surface area contributed by atoms with Crippen LogP contribution >= 0.6 is 15.6 Å². The first-order chi connectivity index (χ1) is 27.4. The number of aliphatic hydroxyl groups is 3. The number of aliphatic hydroxyl groups excluding tert-OH is 3. The van der Waals surface area contributed by atoms with E-state index in [-0.39, 0.29) is 31.0 Å². The molecule has 1 rings (SSSR count). The molecule has 0 aliphatic heterocycles. The maximum absolute atomic E-state index is 12.6. The minimum atomic E-state index is -4.89. The van der Waals surface area contributed by atoms with Crippen molar-refractivity contribution in [1.82, 2.24) is 0 Å². The number of esters is 2. The molecule has 0 aromatic heterocycles. The van der Waals surface area contributed by atoms with Crippen LogP contribution in [0.3, 0.4) is 0 Å². The van der Waals surface area contributed by atoms with Crippen molar-refractivity contribution in [2.45, 2.75) is 167 Å². The molecule has 0 heterocycles. The molecule has 7 atom stereocenters. The number of ether oxygens (including phenoxy) is 2. The summed E-state index contributed by atoms with van der Waals surface area (Å²) in [5, 5.41) is 30.4. The molecule has 338 valence electrons. The first-order valence-electron chi connectivity index (χ1n) is 21.0. The number of unbranched alkanes of at least 4 members (excludes halogenated alkanes) is 10. The maximum atomic E-state index is 12.6.